The first kappa shape index (κ1) is 9.30. The van der Waals surface area contributed by atoms with Gasteiger partial charge in [0, 0.05) is 11.6 Å². The average molecular weight is 167 g/mol. The molecule has 1 unspecified atom stereocenters. The Labute approximate surface area is 74.0 Å². The molecule has 0 fully saturated rings. The van der Waals surface area contributed by atoms with Crippen LogP contribution in [-0.4, -0.2) is 5.91 Å². The second-order valence-corrected chi connectivity index (χ2v) is 3.95. The fourth-order valence-electron chi connectivity index (χ4n) is 1.50. The molecule has 0 spiro atoms. The molecule has 1 amide bonds. The van der Waals surface area contributed by atoms with Crippen LogP contribution in [0.15, 0.2) is 11.3 Å². The molecule has 2 heteroatoms. The van der Waals surface area contributed by atoms with Crippen LogP contribution < -0.4 is 5.32 Å². The third-order valence-electron chi connectivity index (χ3n) is 2.62. The fraction of sp³-hybridized carbons (Fsp3) is 0.700. The topological polar surface area (TPSA) is 29.1 Å². The molecule has 2 nitrogen and oxygen atoms in total. The van der Waals surface area contributed by atoms with Crippen LogP contribution in [0.4, 0.5) is 0 Å². The monoisotopic (exact) mass is 167 g/mol. The molecular weight excluding hydrogens is 150 g/mol. The average Bonchev–Trinajstić information content (AvgIpc) is 1.96. The SMILES string of the molecule is CC1=C(C)NC(=O)C(C(C)C)C1. The number of amides is 1. The zero-order chi connectivity index (χ0) is 9.30. The molecule has 0 aromatic heterocycles. The molecule has 0 aromatic rings. The minimum absolute atomic E-state index is 0.175. The van der Waals surface area contributed by atoms with Gasteiger partial charge in [0.15, 0.2) is 0 Å². The number of carbonyl (C=O) groups excluding carboxylic acids is 1. The van der Waals surface area contributed by atoms with Crippen molar-refractivity contribution in [1.82, 2.24) is 5.32 Å². The third-order valence-corrected chi connectivity index (χ3v) is 2.62. The summed E-state index contributed by atoms with van der Waals surface area (Å²) in [4.78, 5) is 11.4. The Hall–Kier alpha value is -0.790. The summed E-state index contributed by atoms with van der Waals surface area (Å²) in [5.41, 5.74) is 2.35. The molecule has 12 heavy (non-hydrogen) atoms. The Morgan fingerprint density at radius 3 is 2.50 bits per heavy atom. The maximum absolute atomic E-state index is 11.4. The van der Waals surface area contributed by atoms with Crippen LogP contribution in [0.1, 0.15) is 34.1 Å². The van der Waals surface area contributed by atoms with E-state index >= 15 is 0 Å². The predicted molar refractivity (Wildman–Crippen MR) is 49.5 cm³/mol. The van der Waals surface area contributed by atoms with Gasteiger partial charge in [0.2, 0.25) is 5.91 Å². The van der Waals surface area contributed by atoms with E-state index < -0.39 is 0 Å². The summed E-state index contributed by atoms with van der Waals surface area (Å²) in [6.45, 7) is 8.24. The summed E-state index contributed by atoms with van der Waals surface area (Å²) in [6.07, 6.45) is 0.926. The molecule has 0 bridgehead atoms. The lowest BCUT2D eigenvalue weighted by Crippen LogP contribution is -2.36. The molecule has 0 radical (unpaired) electrons. The number of hydrogen-bond acceptors (Lipinski definition) is 1. The van der Waals surface area contributed by atoms with Gasteiger partial charge in [-0.25, -0.2) is 0 Å². The molecule has 1 N–H and O–H groups in total. The number of allylic oxidation sites excluding steroid dienone is 2. The van der Waals surface area contributed by atoms with E-state index in [2.05, 4.69) is 26.1 Å². The van der Waals surface area contributed by atoms with Gasteiger partial charge in [0.05, 0.1) is 0 Å². The maximum atomic E-state index is 11.4. The first-order valence-electron chi connectivity index (χ1n) is 4.49. The summed E-state index contributed by atoms with van der Waals surface area (Å²) >= 11 is 0. The van der Waals surface area contributed by atoms with Crippen LogP contribution >= 0.6 is 0 Å². The lowest BCUT2D eigenvalue weighted by Gasteiger charge is -2.26. The lowest BCUT2D eigenvalue weighted by molar-refractivity contribution is -0.126. The predicted octanol–water partition coefficient (Wildman–Crippen LogP) is 2.07. The van der Waals surface area contributed by atoms with E-state index in [9.17, 15) is 4.79 Å². The molecule has 0 aromatic carbocycles. The van der Waals surface area contributed by atoms with Gasteiger partial charge in [0.1, 0.15) is 0 Å². The molecule has 1 aliphatic heterocycles. The van der Waals surface area contributed by atoms with Crippen LogP contribution in [0, 0.1) is 11.8 Å². The third kappa shape index (κ3) is 1.68. The van der Waals surface area contributed by atoms with Crippen molar-refractivity contribution in [3.8, 4) is 0 Å². The first-order chi connectivity index (χ1) is 5.52. The van der Waals surface area contributed by atoms with E-state index in [4.69, 9.17) is 0 Å². The number of rotatable bonds is 1. The fourth-order valence-corrected chi connectivity index (χ4v) is 1.50. The van der Waals surface area contributed by atoms with Crippen molar-refractivity contribution in [2.45, 2.75) is 34.1 Å². The van der Waals surface area contributed by atoms with Gasteiger partial charge in [0.25, 0.3) is 0 Å². The van der Waals surface area contributed by atoms with Crippen molar-refractivity contribution in [2.75, 3.05) is 0 Å². The minimum Gasteiger partial charge on any atom is -0.330 e. The van der Waals surface area contributed by atoms with Gasteiger partial charge < -0.3 is 5.32 Å². The first-order valence-corrected chi connectivity index (χ1v) is 4.49. The molecule has 0 saturated carbocycles. The van der Waals surface area contributed by atoms with Gasteiger partial charge in [-0.05, 0) is 26.2 Å². The highest BCUT2D eigenvalue weighted by molar-refractivity contribution is 5.82. The summed E-state index contributed by atoms with van der Waals surface area (Å²) in [7, 11) is 0. The van der Waals surface area contributed by atoms with Gasteiger partial charge in [-0.2, -0.15) is 0 Å². The zero-order valence-corrected chi connectivity index (χ0v) is 8.27. The summed E-state index contributed by atoms with van der Waals surface area (Å²) in [5, 5.41) is 2.90. The molecule has 1 atom stereocenters. The Bertz CT molecular complexity index is 228. The Morgan fingerprint density at radius 1 is 1.42 bits per heavy atom. The van der Waals surface area contributed by atoms with Gasteiger partial charge in [-0.3, -0.25) is 4.79 Å². The molecule has 0 saturated heterocycles. The van der Waals surface area contributed by atoms with Crippen LogP contribution in [0.5, 0.6) is 0 Å². The molecule has 68 valence electrons. The van der Waals surface area contributed by atoms with Crippen LogP contribution in [0.2, 0.25) is 0 Å². The Morgan fingerprint density at radius 2 is 2.00 bits per heavy atom. The lowest BCUT2D eigenvalue weighted by atomic mass is 9.86. The summed E-state index contributed by atoms with van der Waals surface area (Å²) < 4.78 is 0. The number of nitrogens with one attached hydrogen (secondary N) is 1. The Kier molecular flexibility index (Phi) is 2.55. The van der Waals surface area contributed by atoms with Gasteiger partial charge >= 0.3 is 0 Å². The van der Waals surface area contributed by atoms with Crippen molar-refractivity contribution in [2.24, 2.45) is 11.8 Å². The molecule has 1 heterocycles. The smallest absolute Gasteiger partial charge is 0.227 e. The van der Waals surface area contributed by atoms with Crippen molar-refractivity contribution >= 4 is 5.91 Å². The quantitative estimate of drug-likeness (QED) is 0.636. The van der Waals surface area contributed by atoms with E-state index in [-0.39, 0.29) is 11.8 Å². The van der Waals surface area contributed by atoms with Crippen molar-refractivity contribution < 1.29 is 4.79 Å². The standard InChI is InChI=1S/C10H17NO/c1-6(2)9-5-7(3)8(4)11-10(9)12/h6,9H,5H2,1-4H3,(H,11,12). The number of carbonyl (C=O) groups is 1. The summed E-state index contributed by atoms with van der Waals surface area (Å²) in [6, 6.07) is 0. The van der Waals surface area contributed by atoms with Crippen molar-refractivity contribution in [3.05, 3.63) is 11.3 Å². The largest absolute Gasteiger partial charge is 0.330 e. The van der Waals surface area contributed by atoms with E-state index in [0.29, 0.717) is 5.92 Å². The van der Waals surface area contributed by atoms with E-state index in [1.165, 1.54) is 5.57 Å². The van der Waals surface area contributed by atoms with Crippen molar-refractivity contribution in [3.63, 3.8) is 0 Å². The second kappa shape index (κ2) is 3.30. The van der Waals surface area contributed by atoms with Gasteiger partial charge in [-0.15, -0.1) is 0 Å². The highest BCUT2D eigenvalue weighted by atomic mass is 16.1. The highest BCUT2D eigenvalue weighted by Crippen LogP contribution is 2.25. The normalized spacial score (nSPS) is 24.8. The van der Waals surface area contributed by atoms with Crippen LogP contribution in [0.25, 0.3) is 0 Å². The molecule has 0 aliphatic carbocycles. The highest BCUT2D eigenvalue weighted by Gasteiger charge is 2.26. The number of hydrogen-bond donors (Lipinski definition) is 1. The second-order valence-electron chi connectivity index (χ2n) is 3.95. The zero-order valence-electron chi connectivity index (χ0n) is 8.27. The van der Waals surface area contributed by atoms with E-state index in [1.54, 1.807) is 0 Å². The molecular formula is C10H17NO. The van der Waals surface area contributed by atoms with Crippen LogP contribution in [0.3, 0.4) is 0 Å². The molecule has 1 rings (SSSR count). The van der Waals surface area contributed by atoms with E-state index in [1.807, 2.05) is 6.92 Å². The molecule has 1 aliphatic rings. The Balaban J connectivity index is 2.79. The van der Waals surface area contributed by atoms with E-state index in [0.717, 1.165) is 12.1 Å². The van der Waals surface area contributed by atoms with Gasteiger partial charge in [-0.1, -0.05) is 19.4 Å². The van der Waals surface area contributed by atoms with Crippen LogP contribution in [-0.2, 0) is 4.79 Å². The van der Waals surface area contributed by atoms with Crippen molar-refractivity contribution in [1.29, 1.82) is 0 Å². The maximum Gasteiger partial charge on any atom is 0.227 e. The minimum atomic E-state index is 0.175. The summed E-state index contributed by atoms with van der Waals surface area (Å²) in [5.74, 6) is 0.801.